The molecule has 0 aliphatic heterocycles. The maximum atomic E-state index is 12.4. The number of ether oxygens (including phenoxy) is 2. The quantitative estimate of drug-likeness (QED) is 0.657. The standard InChI is InChI=1S/C19H37NO4/c1-13(2)10-11-23-16(21)15(5)19(9,12-14(3)4)20-17(22)24-18(6,7)8/h13-15H,10-12H2,1-9H3,(H,20,22)/t15?,19-/m1/s1. The number of amides is 1. The predicted molar refractivity (Wildman–Crippen MR) is 96.8 cm³/mol. The first-order chi connectivity index (χ1) is 10.8. The van der Waals surface area contributed by atoms with Crippen molar-refractivity contribution in [3.05, 3.63) is 0 Å². The molecule has 0 aromatic heterocycles. The van der Waals surface area contributed by atoms with Crippen LogP contribution in [0.1, 0.15) is 75.2 Å². The van der Waals surface area contributed by atoms with E-state index in [4.69, 9.17) is 9.47 Å². The fourth-order valence-corrected chi connectivity index (χ4v) is 2.50. The van der Waals surface area contributed by atoms with Gasteiger partial charge in [0.15, 0.2) is 0 Å². The van der Waals surface area contributed by atoms with Crippen LogP contribution < -0.4 is 5.32 Å². The van der Waals surface area contributed by atoms with Crippen LogP contribution in [-0.4, -0.2) is 29.8 Å². The van der Waals surface area contributed by atoms with Crippen molar-refractivity contribution in [2.24, 2.45) is 17.8 Å². The second-order valence-corrected chi connectivity index (χ2v) is 8.71. The van der Waals surface area contributed by atoms with Gasteiger partial charge in [0, 0.05) is 0 Å². The topological polar surface area (TPSA) is 64.6 Å². The summed E-state index contributed by atoms with van der Waals surface area (Å²) in [6.45, 7) is 17.8. The van der Waals surface area contributed by atoms with E-state index in [-0.39, 0.29) is 5.97 Å². The molecule has 1 unspecified atom stereocenters. The number of esters is 1. The van der Waals surface area contributed by atoms with Crippen LogP contribution >= 0.6 is 0 Å². The SMILES string of the molecule is CC(C)CCOC(=O)C(C)[C@@](C)(CC(C)C)NC(=O)OC(C)(C)C. The summed E-state index contributed by atoms with van der Waals surface area (Å²) in [6.07, 6.45) is 0.985. The van der Waals surface area contributed by atoms with E-state index >= 15 is 0 Å². The molecule has 0 fully saturated rings. The molecule has 142 valence electrons. The molecule has 5 heteroatoms. The molecule has 0 aliphatic carbocycles. The van der Waals surface area contributed by atoms with E-state index in [1.165, 1.54) is 0 Å². The van der Waals surface area contributed by atoms with Crippen LogP contribution in [0.3, 0.4) is 0 Å². The minimum absolute atomic E-state index is 0.283. The number of alkyl carbamates (subject to hydrolysis) is 1. The van der Waals surface area contributed by atoms with Gasteiger partial charge in [-0.25, -0.2) is 4.79 Å². The summed E-state index contributed by atoms with van der Waals surface area (Å²) in [5, 5.41) is 2.90. The van der Waals surface area contributed by atoms with Gasteiger partial charge in [-0.2, -0.15) is 0 Å². The summed E-state index contributed by atoms with van der Waals surface area (Å²) in [5.74, 6) is 0.0559. The number of nitrogens with one attached hydrogen (secondary N) is 1. The highest BCUT2D eigenvalue weighted by atomic mass is 16.6. The van der Waals surface area contributed by atoms with Gasteiger partial charge >= 0.3 is 12.1 Å². The van der Waals surface area contributed by atoms with Crippen molar-refractivity contribution in [2.45, 2.75) is 86.3 Å². The van der Waals surface area contributed by atoms with E-state index in [0.29, 0.717) is 24.9 Å². The smallest absolute Gasteiger partial charge is 0.408 e. The molecule has 0 aromatic rings. The first-order valence-corrected chi connectivity index (χ1v) is 8.94. The van der Waals surface area contributed by atoms with E-state index in [1.807, 2.05) is 27.7 Å². The van der Waals surface area contributed by atoms with Crippen molar-refractivity contribution in [1.29, 1.82) is 0 Å². The van der Waals surface area contributed by atoms with Crippen molar-refractivity contribution in [3.63, 3.8) is 0 Å². The lowest BCUT2D eigenvalue weighted by molar-refractivity contribution is -0.151. The Bertz CT molecular complexity index is 412. The molecule has 0 spiro atoms. The Hall–Kier alpha value is -1.26. The van der Waals surface area contributed by atoms with Gasteiger partial charge in [0.1, 0.15) is 5.60 Å². The first-order valence-electron chi connectivity index (χ1n) is 8.94. The highest BCUT2D eigenvalue weighted by molar-refractivity contribution is 5.76. The summed E-state index contributed by atoms with van der Waals surface area (Å²) >= 11 is 0. The largest absolute Gasteiger partial charge is 0.465 e. The minimum atomic E-state index is -0.717. The van der Waals surface area contributed by atoms with Gasteiger partial charge in [0.2, 0.25) is 0 Å². The van der Waals surface area contributed by atoms with Gasteiger partial charge in [-0.3, -0.25) is 4.79 Å². The summed E-state index contributed by atoms with van der Waals surface area (Å²) < 4.78 is 10.7. The average Bonchev–Trinajstić information content (AvgIpc) is 2.33. The average molecular weight is 344 g/mol. The molecule has 0 aliphatic rings. The van der Waals surface area contributed by atoms with E-state index in [1.54, 1.807) is 6.92 Å². The molecule has 0 rings (SSSR count). The zero-order chi connectivity index (χ0) is 19.1. The van der Waals surface area contributed by atoms with Crippen molar-refractivity contribution in [1.82, 2.24) is 5.32 Å². The molecule has 0 saturated heterocycles. The normalized spacial score (nSPS) is 15.8. The Kier molecular flexibility index (Phi) is 8.80. The van der Waals surface area contributed by atoms with Crippen LogP contribution in [-0.2, 0) is 14.3 Å². The van der Waals surface area contributed by atoms with Gasteiger partial charge in [0.05, 0.1) is 18.1 Å². The maximum Gasteiger partial charge on any atom is 0.408 e. The second-order valence-electron chi connectivity index (χ2n) is 8.71. The molecule has 0 radical (unpaired) electrons. The van der Waals surface area contributed by atoms with Crippen LogP contribution in [0.4, 0.5) is 4.79 Å². The zero-order valence-corrected chi connectivity index (χ0v) is 17.0. The molecule has 5 nitrogen and oxygen atoms in total. The lowest BCUT2D eigenvalue weighted by Crippen LogP contribution is -2.55. The molecule has 1 N–H and O–H groups in total. The lowest BCUT2D eigenvalue weighted by Gasteiger charge is -2.37. The molecule has 0 heterocycles. The summed E-state index contributed by atoms with van der Waals surface area (Å²) in [5.41, 5.74) is -1.30. The van der Waals surface area contributed by atoms with Gasteiger partial charge in [-0.1, -0.05) is 27.7 Å². The van der Waals surface area contributed by atoms with Crippen LogP contribution in [0.15, 0.2) is 0 Å². The molecular weight excluding hydrogens is 306 g/mol. The third kappa shape index (κ3) is 9.14. The van der Waals surface area contributed by atoms with E-state index in [0.717, 1.165) is 6.42 Å². The Morgan fingerprint density at radius 3 is 1.92 bits per heavy atom. The summed E-state index contributed by atoms with van der Waals surface area (Å²) in [6, 6.07) is 0. The third-order valence-electron chi connectivity index (χ3n) is 3.87. The van der Waals surface area contributed by atoms with Crippen LogP contribution in [0.25, 0.3) is 0 Å². The molecular formula is C19H37NO4. The highest BCUT2D eigenvalue weighted by Gasteiger charge is 2.39. The number of carbonyl (C=O) groups excluding carboxylic acids is 2. The van der Waals surface area contributed by atoms with E-state index < -0.39 is 23.2 Å². The van der Waals surface area contributed by atoms with Gasteiger partial charge in [-0.05, 0) is 59.3 Å². The van der Waals surface area contributed by atoms with Crippen molar-refractivity contribution < 1.29 is 19.1 Å². The third-order valence-corrected chi connectivity index (χ3v) is 3.87. The Labute approximate surface area is 147 Å². The van der Waals surface area contributed by atoms with Gasteiger partial charge in [-0.15, -0.1) is 0 Å². The maximum absolute atomic E-state index is 12.4. The van der Waals surface area contributed by atoms with Crippen LogP contribution in [0, 0.1) is 17.8 Å². The summed E-state index contributed by atoms with van der Waals surface area (Å²) in [7, 11) is 0. The van der Waals surface area contributed by atoms with Gasteiger partial charge < -0.3 is 14.8 Å². The lowest BCUT2D eigenvalue weighted by atomic mass is 9.80. The zero-order valence-electron chi connectivity index (χ0n) is 17.0. The highest BCUT2D eigenvalue weighted by Crippen LogP contribution is 2.27. The van der Waals surface area contributed by atoms with Gasteiger partial charge in [0.25, 0.3) is 0 Å². The van der Waals surface area contributed by atoms with Crippen molar-refractivity contribution in [2.75, 3.05) is 6.61 Å². The predicted octanol–water partition coefficient (Wildman–Crippen LogP) is 4.54. The number of hydrogen-bond donors (Lipinski definition) is 1. The van der Waals surface area contributed by atoms with Crippen molar-refractivity contribution >= 4 is 12.1 Å². The second kappa shape index (κ2) is 9.28. The molecule has 2 atom stereocenters. The number of rotatable bonds is 8. The van der Waals surface area contributed by atoms with E-state index in [9.17, 15) is 9.59 Å². The number of carbonyl (C=O) groups is 2. The van der Waals surface area contributed by atoms with E-state index in [2.05, 4.69) is 33.0 Å². The van der Waals surface area contributed by atoms with Crippen LogP contribution in [0.2, 0.25) is 0 Å². The monoisotopic (exact) mass is 343 g/mol. The molecule has 0 bridgehead atoms. The Morgan fingerprint density at radius 2 is 1.50 bits per heavy atom. The number of hydrogen-bond acceptors (Lipinski definition) is 4. The minimum Gasteiger partial charge on any atom is -0.465 e. The Balaban J connectivity index is 5.00. The Morgan fingerprint density at radius 1 is 0.958 bits per heavy atom. The molecule has 24 heavy (non-hydrogen) atoms. The summed E-state index contributed by atoms with van der Waals surface area (Å²) in [4.78, 5) is 24.6. The molecule has 0 saturated carbocycles. The molecule has 0 aromatic carbocycles. The molecule has 1 amide bonds. The first kappa shape index (κ1) is 22.7. The van der Waals surface area contributed by atoms with Crippen molar-refractivity contribution in [3.8, 4) is 0 Å². The fourth-order valence-electron chi connectivity index (χ4n) is 2.50. The fraction of sp³-hybridized carbons (Fsp3) is 0.895. The van der Waals surface area contributed by atoms with Crippen LogP contribution in [0.5, 0.6) is 0 Å².